The normalized spacial score (nSPS) is 11.2. The standard InChI is InChI=1S/C13H13N3O3S/c1-2-20(18,19)8-7-13(17)14-12-9-10-5-3-4-6-11(10)15-16-12/h2-6,9H,1,7-8H2,(H,14,16,17). The topological polar surface area (TPSA) is 89.0 Å². The Morgan fingerprint density at radius 2 is 2.05 bits per heavy atom. The molecule has 7 heteroatoms. The van der Waals surface area contributed by atoms with E-state index in [0.717, 1.165) is 16.3 Å². The minimum atomic E-state index is -3.37. The van der Waals surface area contributed by atoms with Gasteiger partial charge >= 0.3 is 0 Å². The molecule has 0 saturated carbocycles. The van der Waals surface area contributed by atoms with Gasteiger partial charge in [0.2, 0.25) is 5.91 Å². The molecular weight excluding hydrogens is 278 g/mol. The van der Waals surface area contributed by atoms with Crippen LogP contribution in [0.25, 0.3) is 10.9 Å². The number of nitrogens with one attached hydrogen (secondary N) is 1. The van der Waals surface area contributed by atoms with Crippen molar-refractivity contribution in [2.24, 2.45) is 0 Å². The molecule has 1 aromatic heterocycles. The number of aromatic nitrogens is 2. The van der Waals surface area contributed by atoms with Crippen molar-refractivity contribution in [3.63, 3.8) is 0 Å². The molecule has 6 nitrogen and oxygen atoms in total. The van der Waals surface area contributed by atoms with Gasteiger partial charge in [0.15, 0.2) is 15.7 Å². The third-order valence-electron chi connectivity index (χ3n) is 2.63. The van der Waals surface area contributed by atoms with Crippen LogP contribution in [-0.4, -0.2) is 30.3 Å². The van der Waals surface area contributed by atoms with Gasteiger partial charge in [-0.15, -0.1) is 10.2 Å². The van der Waals surface area contributed by atoms with Crippen molar-refractivity contribution in [3.8, 4) is 0 Å². The predicted molar refractivity (Wildman–Crippen MR) is 76.8 cm³/mol. The number of rotatable bonds is 5. The Kier molecular flexibility index (Phi) is 4.09. The first kappa shape index (κ1) is 14.1. The van der Waals surface area contributed by atoms with Crippen LogP contribution in [0.3, 0.4) is 0 Å². The number of carbonyl (C=O) groups is 1. The van der Waals surface area contributed by atoms with Gasteiger partial charge in [-0.1, -0.05) is 24.8 Å². The van der Waals surface area contributed by atoms with Gasteiger partial charge < -0.3 is 5.32 Å². The monoisotopic (exact) mass is 291 g/mol. The summed E-state index contributed by atoms with van der Waals surface area (Å²) in [6.45, 7) is 3.19. The molecule has 0 fully saturated rings. The van der Waals surface area contributed by atoms with Gasteiger partial charge in [0.25, 0.3) is 0 Å². The lowest BCUT2D eigenvalue weighted by Gasteiger charge is -2.04. The van der Waals surface area contributed by atoms with E-state index in [0.29, 0.717) is 5.82 Å². The third kappa shape index (κ3) is 3.61. The lowest BCUT2D eigenvalue weighted by Crippen LogP contribution is -2.17. The van der Waals surface area contributed by atoms with Crippen molar-refractivity contribution in [3.05, 3.63) is 42.3 Å². The molecule has 20 heavy (non-hydrogen) atoms. The summed E-state index contributed by atoms with van der Waals surface area (Å²) in [5, 5.41) is 12.0. The molecule has 0 bridgehead atoms. The van der Waals surface area contributed by atoms with Gasteiger partial charge in [0, 0.05) is 17.2 Å². The van der Waals surface area contributed by atoms with Crippen LogP contribution in [0.15, 0.2) is 42.3 Å². The van der Waals surface area contributed by atoms with Crippen LogP contribution in [0.5, 0.6) is 0 Å². The van der Waals surface area contributed by atoms with Crippen LogP contribution in [0.4, 0.5) is 5.82 Å². The molecule has 0 unspecified atom stereocenters. The average molecular weight is 291 g/mol. The number of carbonyl (C=O) groups excluding carboxylic acids is 1. The summed E-state index contributed by atoms with van der Waals surface area (Å²) >= 11 is 0. The van der Waals surface area contributed by atoms with E-state index in [9.17, 15) is 13.2 Å². The highest BCUT2D eigenvalue weighted by atomic mass is 32.2. The minimum Gasteiger partial charge on any atom is -0.309 e. The summed E-state index contributed by atoms with van der Waals surface area (Å²) in [4.78, 5) is 11.6. The second-order valence-electron chi connectivity index (χ2n) is 4.12. The predicted octanol–water partition coefficient (Wildman–Crippen LogP) is 1.52. The van der Waals surface area contributed by atoms with E-state index in [1.165, 1.54) is 0 Å². The molecule has 1 aromatic carbocycles. The van der Waals surface area contributed by atoms with E-state index in [1.807, 2.05) is 24.3 Å². The smallest absolute Gasteiger partial charge is 0.226 e. The van der Waals surface area contributed by atoms with Gasteiger partial charge in [-0.2, -0.15) is 0 Å². The highest BCUT2D eigenvalue weighted by molar-refractivity contribution is 7.94. The molecule has 0 spiro atoms. The first-order valence-electron chi connectivity index (χ1n) is 5.88. The summed E-state index contributed by atoms with van der Waals surface area (Å²) in [6, 6.07) is 9.04. The van der Waals surface area contributed by atoms with Crippen molar-refractivity contribution in [1.29, 1.82) is 0 Å². The number of anilines is 1. The number of sulfone groups is 1. The second-order valence-corrected chi connectivity index (χ2v) is 6.19. The van der Waals surface area contributed by atoms with Crippen molar-refractivity contribution in [2.75, 3.05) is 11.1 Å². The van der Waals surface area contributed by atoms with Gasteiger partial charge in [-0.25, -0.2) is 8.42 Å². The zero-order valence-electron chi connectivity index (χ0n) is 10.6. The molecule has 0 aliphatic rings. The number of hydrogen-bond donors (Lipinski definition) is 1. The van der Waals surface area contributed by atoms with E-state index >= 15 is 0 Å². The molecule has 104 valence electrons. The summed E-state index contributed by atoms with van der Waals surface area (Å²) < 4.78 is 22.4. The molecule has 0 radical (unpaired) electrons. The van der Waals surface area contributed by atoms with E-state index < -0.39 is 15.7 Å². The Labute approximate surface area is 116 Å². The average Bonchev–Trinajstić information content (AvgIpc) is 2.45. The number of fused-ring (bicyclic) bond motifs is 1. The highest BCUT2D eigenvalue weighted by Gasteiger charge is 2.10. The van der Waals surface area contributed by atoms with Gasteiger partial charge in [0.05, 0.1) is 11.3 Å². The Morgan fingerprint density at radius 1 is 1.30 bits per heavy atom. The van der Waals surface area contributed by atoms with Crippen LogP contribution < -0.4 is 5.32 Å². The van der Waals surface area contributed by atoms with Crippen molar-refractivity contribution in [1.82, 2.24) is 10.2 Å². The molecule has 2 rings (SSSR count). The molecule has 0 saturated heterocycles. The molecule has 0 aliphatic carbocycles. The SMILES string of the molecule is C=CS(=O)(=O)CCC(=O)Nc1cc2ccccc2nn1. The number of nitrogens with zero attached hydrogens (tertiary/aromatic N) is 2. The first-order chi connectivity index (χ1) is 9.50. The summed E-state index contributed by atoms with van der Waals surface area (Å²) in [7, 11) is -3.37. The second kappa shape index (κ2) is 5.79. The molecule has 0 atom stereocenters. The largest absolute Gasteiger partial charge is 0.309 e. The van der Waals surface area contributed by atoms with Crippen LogP contribution in [-0.2, 0) is 14.6 Å². The lowest BCUT2D eigenvalue weighted by atomic mass is 10.2. The Bertz CT molecular complexity index is 756. The van der Waals surface area contributed by atoms with Gasteiger partial charge in [-0.05, 0) is 12.1 Å². The Morgan fingerprint density at radius 3 is 2.80 bits per heavy atom. The van der Waals surface area contributed by atoms with E-state index in [1.54, 1.807) is 6.07 Å². The summed E-state index contributed by atoms with van der Waals surface area (Å²) in [5.41, 5.74) is 0.722. The molecule has 2 aromatic rings. The maximum atomic E-state index is 11.6. The molecule has 1 N–H and O–H groups in total. The Hall–Kier alpha value is -2.28. The van der Waals surface area contributed by atoms with Crippen LogP contribution in [0.2, 0.25) is 0 Å². The fourth-order valence-electron chi connectivity index (χ4n) is 1.57. The fraction of sp³-hybridized carbons (Fsp3) is 0.154. The fourth-order valence-corrected chi connectivity index (χ4v) is 2.21. The van der Waals surface area contributed by atoms with Gasteiger partial charge in [-0.3, -0.25) is 4.79 Å². The first-order valence-corrected chi connectivity index (χ1v) is 7.59. The molecule has 1 heterocycles. The minimum absolute atomic E-state index is 0.150. The Balaban J connectivity index is 2.04. The van der Waals surface area contributed by atoms with Crippen LogP contribution in [0.1, 0.15) is 6.42 Å². The quantitative estimate of drug-likeness (QED) is 0.902. The lowest BCUT2D eigenvalue weighted by molar-refractivity contribution is -0.115. The summed E-state index contributed by atoms with van der Waals surface area (Å²) in [5.74, 6) is -0.409. The molecule has 0 aliphatic heterocycles. The maximum Gasteiger partial charge on any atom is 0.226 e. The zero-order chi connectivity index (χ0) is 14.6. The molecule has 1 amide bonds. The highest BCUT2D eigenvalue weighted by Crippen LogP contribution is 2.13. The third-order valence-corrected chi connectivity index (χ3v) is 3.91. The number of amides is 1. The van der Waals surface area contributed by atoms with Crippen molar-refractivity contribution >= 4 is 32.5 Å². The summed E-state index contributed by atoms with van der Waals surface area (Å²) in [6.07, 6.45) is -0.150. The number of hydrogen-bond acceptors (Lipinski definition) is 5. The maximum absolute atomic E-state index is 11.6. The van der Waals surface area contributed by atoms with E-state index in [4.69, 9.17) is 0 Å². The van der Waals surface area contributed by atoms with Gasteiger partial charge in [0.1, 0.15) is 0 Å². The van der Waals surface area contributed by atoms with E-state index in [2.05, 4.69) is 22.1 Å². The van der Waals surface area contributed by atoms with Crippen LogP contribution in [0, 0.1) is 0 Å². The van der Waals surface area contributed by atoms with E-state index in [-0.39, 0.29) is 12.2 Å². The van der Waals surface area contributed by atoms with Crippen LogP contribution >= 0.6 is 0 Å². The zero-order valence-corrected chi connectivity index (χ0v) is 11.4. The number of benzene rings is 1. The van der Waals surface area contributed by atoms with Crippen molar-refractivity contribution < 1.29 is 13.2 Å². The molecular formula is C13H13N3O3S. The van der Waals surface area contributed by atoms with Crippen molar-refractivity contribution in [2.45, 2.75) is 6.42 Å².